The first-order valence-electron chi connectivity index (χ1n) is 8.79. The highest BCUT2D eigenvalue weighted by Gasteiger charge is 2.22. The summed E-state index contributed by atoms with van der Waals surface area (Å²) in [5, 5.41) is 15.8. The smallest absolute Gasteiger partial charge is 0.325 e. The summed E-state index contributed by atoms with van der Waals surface area (Å²) < 4.78 is 0. The summed E-state index contributed by atoms with van der Waals surface area (Å²) in [5.41, 5.74) is 0. The molecule has 0 aromatic rings. The molecule has 28 heavy (non-hydrogen) atoms. The second-order valence-corrected chi connectivity index (χ2v) is 6.12. The van der Waals surface area contributed by atoms with Gasteiger partial charge in [-0.05, 0) is 19.8 Å². The lowest BCUT2D eigenvalue weighted by Crippen LogP contribution is -2.43. The first kappa shape index (κ1) is 22.8. The number of nitrogens with zero attached hydrogens (tertiary/aromatic N) is 1. The second kappa shape index (κ2) is 11.5. The molecule has 154 valence electrons. The van der Waals surface area contributed by atoms with Crippen LogP contribution >= 0.6 is 0 Å². The SMILES string of the molecule is CC(NC(=O)CNC(=O)CCCCC(=O)NCCN1C(=O)C=CC1=O)C(=O)O. The number of hydrogen-bond acceptors (Lipinski definition) is 6. The number of amides is 5. The summed E-state index contributed by atoms with van der Waals surface area (Å²) in [6.45, 7) is 1.24. The van der Waals surface area contributed by atoms with E-state index in [1.807, 2.05) is 0 Å². The molecule has 1 heterocycles. The Kier molecular flexibility index (Phi) is 9.34. The molecule has 0 spiro atoms. The van der Waals surface area contributed by atoms with Crippen LogP contribution in [0.5, 0.6) is 0 Å². The maximum Gasteiger partial charge on any atom is 0.325 e. The molecule has 11 nitrogen and oxygen atoms in total. The van der Waals surface area contributed by atoms with Crippen molar-refractivity contribution in [1.29, 1.82) is 0 Å². The minimum absolute atomic E-state index is 0.0986. The Balaban J connectivity index is 2.06. The summed E-state index contributed by atoms with van der Waals surface area (Å²) in [6, 6.07) is -1.04. The van der Waals surface area contributed by atoms with Gasteiger partial charge in [0.1, 0.15) is 6.04 Å². The van der Waals surface area contributed by atoms with Gasteiger partial charge in [0.25, 0.3) is 11.8 Å². The van der Waals surface area contributed by atoms with E-state index in [4.69, 9.17) is 5.11 Å². The van der Waals surface area contributed by atoms with E-state index in [2.05, 4.69) is 16.0 Å². The Morgan fingerprint density at radius 1 is 0.964 bits per heavy atom. The minimum atomic E-state index is -1.17. The lowest BCUT2D eigenvalue weighted by Gasteiger charge is -2.13. The standard InChI is InChI=1S/C17H24N4O7/c1-11(17(27)28)20-14(24)10-19-13(23)5-3-2-4-12(22)18-8-9-21-15(25)6-7-16(21)26/h6-7,11H,2-5,8-10H2,1H3,(H,18,22)(H,19,23)(H,20,24)(H,27,28). The lowest BCUT2D eigenvalue weighted by molar-refractivity contribution is -0.141. The van der Waals surface area contributed by atoms with Crippen LogP contribution in [-0.4, -0.2) is 71.2 Å². The van der Waals surface area contributed by atoms with Crippen molar-refractivity contribution in [3.05, 3.63) is 12.2 Å². The van der Waals surface area contributed by atoms with Crippen molar-refractivity contribution in [2.24, 2.45) is 0 Å². The van der Waals surface area contributed by atoms with Gasteiger partial charge in [0.2, 0.25) is 17.7 Å². The number of aliphatic carboxylic acids is 1. The summed E-state index contributed by atoms with van der Waals surface area (Å²) in [7, 11) is 0. The fraction of sp³-hybridized carbons (Fsp3) is 0.529. The highest BCUT2D eigenvalue weighted by Crippen LogP contribution is 2.02. The number of imide groups is 1. The molecule has 0 fully saturated rings. The molecule has 0 saturated carbocycles. The Labute approximate surface area is 161 Å². The molecule has 0 radical (unpaired) electrons. The van der Waals surface area contributed by atoms with Crippen molar-refractivity contribution < 1.29 is 33.9 Å². The van der Waals surface area contributed by atoms with Crippen LogP contribution in [0.15, 0.2) is 12.2 Å². The van der Waals surface area contributed by atoms with E-state index in [-0.39, 0.29) is 44.3 Å². The molecule has 5 amide bonds. The Hall–Kier alpha value is -3.24. The minimum Gasteiger partial charge on any atom is -0.480 e. The molecule has 0 aromatic heterocycles. The molecule has 4 N–H and O–H groups in total. The fourth-order valence-electron chi connectivity index (χ4n) is 2.24. The Morgan fingerprint density at radius 2 is 1.50 bits per heavy atom. The third-order valence-electron chi connectivity index (χ3n) is 3.81. The molecule has 1 rings (SSSR count). The zero-order valence-electron chi connectivity index (χ0n) is 15.5. The number of carbonyl (C=O) groups is 6. The summed E-state index contributed by atoms with van der Waals surface area (Å²) in [6.07, 6.45) is 3.53. The summed E-state index contributed by atoms with van der Waals surface area (Å²) >= 11 is 0. The van der Waals surface area contributed by atoms with E-state index < -0.39 is 29.7 Å². The third kappa shape index (κ3) is 8.43. The van der Waals surface area contributed by atoms with Crippen molar-refractivity contribution in [3.63, 3.8) is 0 Å². The number of hydrogen-bond donors (Lipinski definition) is 4. The monoisotopic (exact) mass is 396 g/mol. The van der Waals surface area contributed by atoms with E-state index in [1.54, 1.807) is 0 Å². The molecule has 1 aliphatic heterocycles. The molecular formula is C17H24N4O7. The number of carboxylic acid groups (broad SMARTS) is 1. The van der Waals surface area contributed by atoms with Crippen molar-refractivity contribution in [2.45, 2.75) is 38.6 Å². The zero-order valence-corrected chi connectivity index (χ0v) is 15.5. The van der Waals surface area contributed by atoms with Gasteiger partial charge in [-0.15, -0.1) is 0 Å². The molecule has 1 aliphatic rings. The molecule has 1 unspecified atom stereocenters. The van der Waals surface area contributed by atoms with Crippen LogP contribution < -0.4 is 16.0 Å². The molecule has 11 heteroatoms. The van der Waals surface area contributed by atoms with Crippen LogP contribution in [0.3, 0.4) is 0 Å². The van der Waals surface area contributed by atoms with Crippen molar-refractivity contribution >= 4 is 35.5 Å². The number of carboxylic acids is 1. The van der Waals surface area contributed by atoms with Crippen molar-refractivity contribution in [1.82, 2.24) is 20.9 Å². The van der Waals surface area contributed by atoms with E-state index >= 15 is 0 Å². The maximum absolute atomic E-state index is 11.7. The molecule has 0 aliphatic carbocycles. The molecule has 0 aromatic carbocycles. The predicted octanol–water partition coefficient (Wildman–Crippen LogP) is -1.71. The van der Waals surface area contributed by atoms with Crippen LogP contribution in [0.4, 0.5) is 0 Å². The van der Waals surface area contributed by atoms with Gasteiger partial charge in [-0.2, -0.15) is 0 Å². The van der Waals surface area contributed by atoms with Gasteiger partial charge in [-0.25, -0.2) is 0 Å². The maximum atomic E-state index is 11.7. The quantitative estimate of drug-likeness (QED) is 0.226. The van der Waals surface area contributed by atoms with Crippen LogP contribution in [0, 0.1) is 0 Å². The highest BCUT2D eigenvalue weighted by molar-refractivity contribution is 6.12. The number of carbonyl (C=O) groups excluding carboxylic acids is 5. The zero-order chi connectivity index (χ0) is 21.1. The average Bonchev–Trinajstić information content (AvgIpc) is 2.95. The van der Waals surface area contributed by atoms with Gasteiger partial charge in [-0.1, -0.05) is 0 Å². The molecule has 0 saturated heterocycles. The van der Waals surface area contributed by atoms with Crippen LogP contribution in [0.2, 0.25) is 0 Å². The van der Waals surface area contributed by atoms with Gasteiger partial charge in [0, 0.05) is 38.1 Å². The summed E-state index contributed by atoms with van der Waals surface area (Å²) in [4.78, 5) is 69.0. The lowest BCUT2D eigenvalue weighted by atomic mass is 10.2. The number of rotatable bonds is 12. The first-order valence-corrected chi connectivity index (χ1v) is 8.79. The van der Waals surface area contributed by atoms with Gasteiger partial charge in [0.15, 0.2) is 0 Å². The van der Waals surface area contributed by atoms with E-state index in [1.165, 1.54) is 19.1 Å². The normalized spacial score (nSPS) is 14.0. The van der Waals surface area contributed by atoms with Crippen LogP contribution in [0.25, 0.3) is 0 Å². The van der Waals surface area contributed by atoms with Crippen LogP contribution in [-0.2, 0) is 28.8 Å². The van der Waals surface area contributed by atoms with Gasteiger partial charge in [-0.3, -0.25) is 33.7 Å². The van der Waals surface area contributed by atoms with Gasteiger partial charge < -0.3 is 21.1 Å². The fourth-order valence-corrected chi connectivity index (χ4v) is 2.24. The average molecular weight is 396 g/mol. The molecule has 0 bridgehead atoms. The van der Waals surface area contributed by atoms with E-state index in [0.717, 1.165) is 4.90 Å². The summed E-state index contributed by atoms with van der Waals surface area (Å²) in [5.74, 6) is -3.22. The van der Waals surface area contributed by atoms with Crippen molar-refractivity contribution in [2.75, 3.05) is 19.6 Å². The van der Waals surface area contributed by atoms with E-state index in [9.17, 15) is 28.8 Å². The number of unbranched alkanes of at least 4 members (excludes halogenated alkanes) is 1. The van der Waals surface area contributed by atoms with Gasteiger partial charge in [0.05, 0.1) is 6.54 Å². The predicted molar refractivity (Wildman–Crippen MR) is 95.6 cm³/mol. The third-order valence-corrected chi connectivity index (χ3v) is 3.81. The Morgan fingerprint density at radius 3 is 2.04 bits per heavy atom. The topological polar surface area (TPSA) is 162 Å². The van der Waals surface area contributed by atoms with Gasteiger partial charge >= 0.3 is 5.97 Å². The first-order chi connectivity index (χ1) is 13.2. The van der Waals surface area contributed by atoms with E-state index in [0.29, 0.717) is 12.8 Å². The molecular weight excluding hydrogens is 372 g/mol. The largest absolute Gasteiger partial charge is 0.480 e. The second-order valence-electron chi connectivity index (χ2n) is 6.12. The molecule has 1 atom stereocenters. The highest BCUT2D eigenvalue weighted by atomic mass is 16.4. The van der Waals surface area contributed by atoms with Crippen LogP contribution in [0.1, 0.15) is 32.6 Å². The van der Waals surface area contributed by atoms with Crippen molar-refractivity contribution in [3.8, 4) is 0 Å². The Bertz CT molecular complexity index is 656. The number of nitrogens with one attached hydrogen (secondary N) is 3.